The third kappa shape index (κ3) is 4.05. The maximum Gasteiger partial charge on any atom is 0.312 e. The molecule has 29 heavy (non-hydrogen) atoms. The van der Waals surface area contributed by atoms with Gasteiger partial charge in [0, 0.05) is 18.9 Å². The highest BCUT2D eigenvalue weighted by atomic mass is 35.5. The predicted molar refractivity (Wildman–Crippen MR) is 108 cm³/mol. The minimum absolute atomic E-state index is 0.0406. The molecule has 0 bridgehead atoms. The summed E-state index contributed by atoms with van der Waals surface area (Å²) in [6.07, 6.45) is 0.725. The third-order valence-corrected chi connectivity index (χ3v) is 4.89. The fourth-order valence-corrected chi connectivity index (χ4v) is 3.51. The number of carbonyl (C=O) groups is 1. The average Bonchev–Trinajstić information content (AvgIpc) is 2.96. The molecule has 0 unspecified atom stereocenters. The van der Waals surface area contributed by atoms with Crippen molar-refractivity contribution < 1.29 is 19.0 Å². The van der Waals surface area contributed by atoms with Gasteiger partial charge in [0.05, 0.1) is 35.7 Å². The first-order valence-electron chi connectivity index (χ1n) is 9.21. The van der Waals surface area contributed by atoms with Crippen molar-refractivity contribution in [3.63, 3.8) is 0 Å². The molecule has 2 aromatic carbocycles. The molecule has 0 amide bonds. The van der Waals surface area contributed by atoms with Gasteiger partial charge in [0.1, 0.15) is 6.61 Å². The summed E-state index contributed by atoms with van der Waals surface area (Å²) in [5.41, 5.74) is 0.981. The highest BCUT2D eigenvalue weighted by Crippen LogP contribution is 2.38. The second-order valence-corrected chi connectivity index (χ2v) is 7.12. The zero-order valence-electron chi connectivity index (χ0n) is 15.8. The lowest BCUT2D eigenvalue weighted by Gasteiger charge is -2.12. The Kier molecular flexibility index (Phi) is 5.40. The molecule has 3 aromatic rings. The average molecular weight is 415 g/mol. The Labute approximate surface area is 171 Å². The number of esters is 1. The molecule has 150 valence electrons. The number of carbonyl (C=O) groups excluding carboxylic acids is 1. The van der Waals surface area contributed by atoms with Gasteiger partial charge in [-0.2, -0.15) is 5.10 Å². The molecule has 8 heteroatoms. The lowest BCUT2D eigenvalue weighted by molar-refractivity contribution is -0.144. The second kappa shape index (κ2) is 8.13. The summed E-state index contributed by atoms with van der Waals surface area (Å²) in [6.45, 7) is 1.12. The highest BCUT2D eigenvalue weighted by Gasteiger charge is 2.17. The topological polar surface area (TPSA) is 79.7 Å². The largest absolute Gasteiger partial charge is 0.489 e. The smallest absolute Gasteiger partial charge is 0.312 e. The van der Waals surface area contributed by atoms with Gasteiger partial charge in [-0.15, -0.1) is 0 Å². The molecule has 0 aliphatic carbocycles. The van der Waals surface area contributed by atoms with E-state index in [1.807, 2.05) is 0 Å². The summed E-state index contributed by atoms with van der Waals surface area (Å²) in [6, 6.07) is 10.5. The molecule has 2 heterocycles. The summed E-state index contributed by atoms with van der Waals surface area (Å²) in [4.78, 5) is 24.6. The van der Waals surface area contributed by atoms with E-state index < -0.39 is 5.97 Å². The van der Waals surface area contributed by atoms with Crippen molar-refractivity contribution in [2.24, 2.45) is 7.05 Å². The number of hydrogen-bond acceptors (Lipinski definition) is 6. The van der Waals surface area contributed by atoms with Crippen molar-refractivity contribution in [3.8, 4) is 11.5 Å². The van der Waals surface area contributed by atoms with Gasteiger partial charge in [0.15, 0.2) is 11.5 Å². The number of aromatic nitrogens is 2. The van der Waals surface area contributed by atoms with E-state index in [9.17, 15) is 9.59 Å². The Balaban J connectivity index is 1.50. The quantitative estimate of drug-likeness (QED) is 0.610. The Morgan fingerprint density at radius 2 is 1.97 bits per heavy atom. The van der Waals surface area contributed by atoms with Gasteiger partial charge in [-0.25, -0.2) is 4.68 Å². The van der Waals surface area contributed by atoms with E-state index in [0.29, 0.717) is 51.8 Å². The van der Waals surface area contributed by atoms with Crippen molar-refractivity contribution in [2.75, 3.05) is 13.2 Å². The van der Waals surface area contributed by atoms with E-state index in [1.165, 1.54) is 4.68 Å². The molecule has 0 saturated heterocycles. The van der Waals surface area contributed by atoms with Crippen molar-refractivity contribution in [1.29, 1.82) is 0 Å². The van der Waals surface area contributed by atoms with Crippen molar-refractivity contribution in [1.82, 2.24) is 9.78 Å². The van der Waals surface area contributed by atoms with Crippen LogP contribution >= 0.6 is 11.6 Å². The van der Waals surface area contributed by atoms with Crippen LogP contribution in [0.25, 0.3) is 10.8 Å². The highest BCUT2D eigenvalue weighted by molar-refractivity contribution is 6.32. The standard InChI is InChI=1S/C21H19ClN2O5/c1-24-21(26)15-6-3-2-5-14(15)17(23-24)11-19(25)29-12-13-9-16(22)20-18(10-13)27-7-4-8-28-20/h2-3,5-6,9-10H,4,7-8,11-12H2,1H3. The van der Waals surface area contributed by atoms with Crippen LogP contribution in [0.4, 0.5) is 0 Å². The first kappa shape index (κ1) is 19.3. The fourth-order valence-electron chi connectivity index (χ4n) is 3.23. The molecule has 0 fully saturated rings. The Hall–Kier alpha value is -3.06. The lowest BCUT2D eigenvalue weighted by Crippen LogP contribution is -2.22. The Morgan fingerprint density at radius 1 is 1.21 bits per heavy atom. The van der Waals surface area contributed by atoms with Gasteiger partial charge in [-0.05, 0) is 23.8 Å². The molecule has 1 aliphatic rings. The maximum atomic E-state index is 12.4. The van der Waals surface area contributed by atoms with E-state index in [2.05, 4.69) is 5.10 Å². The molecule has 0 N–H and O–H groups in total. The van der Waals surface area contributed by atoms with Crippen LogP contribution in [0.15, 0.2) is 41.2 Å². The van der Waals surface area contributed by atoms with Crippen LogP contribution < -0.4 is 15.0 Å². The van der Waals surface area contributed by atoms with E-state index >= 15 is 0 Å². The number of nitrogens with zero attached hydrogens (tertiary/aromatic N) is 2. The van der Waals surface area contributed by atoms with Crippen LogP contribution in [-0.2, 0) is 29.6 Å². The molecule has 0 spiro atoms. The van der Waals surface area contributed by atoms with Crippen LogP contribution in [0.3, 0.4) is 0 Å². The van der Waals surface area contributed by atoms with Crippen molar-refractivity contribution >= 4 is 28.3 Å². The van der Waals surface area contributed by atoms with Crippen molar-refractivity contribution in [2.45, 2.75) is 19.4 Å². The number of rotatable bonds is 4. The van der Waals surface area contributed by atoms with E-state index in [0.717, 1.165) is 6.42 Å². The number of hydrogen-bond donors (Lipinski definition) is 0. The lowest BCUT2D eigenvalue weighted by atomic mass is 10.1. The van der Waals surface area contributed by atoms with Crippen LogP contribution in [-0.4, -0.2) is 29.0 Å². The second-order valence-electron chi connectivity index (χ2n) is 6.71. The van der Waals surface area contributed by atoms with Gasteiger partial charge >= 0.3 is 5.97 Å². The van der Waals surface area contributed by atoms with E-state index in [-0.39, 0.29) is 18.6 Å². The third-order valence-electron chi connectivity index (χ3n) is 4.61. The summed E-state index contributed by atoms with van der Waals surface area (Å²) in [5.74, 6) is 0.608. The molecule has 7 nitrogen and oxygen atoms in total. The summed E-state index contributed by atoms with van der Waals surface area (Å²) < 4.78 is 17.9. The van der Waals surface area contributed by atoms with Gasteiger partial charge in [0.2, 0.25) is 0 Å². The Morgan fingerprint density at radius 3 is 2.79 bits per heavy atom. The number of benzene rings is 2. The molecular weight excluding hydrogens is 396 g/mol. The monoisotopic (exact) mass is 414 g/mol. The zero-order chi connectivity index (χ0) is 20.4. The van der Waals surface area contributed by atoms with Crippen LogP contribution in [0.1, 0.15) is 17.7 Å². The van der Waals surface area contributed by atoms with Crippen molar-refractivity contribution in [3.05, 3.63) is 63.0 Å². The molecule has 1 aliphatic heterocycles. The van der Waals surface area contributed by atoms with Gasteiger partial charge in [-0.1, -0.05) is 29.8 Å². The molecule has 1 aromatic heterocycles. The van der Waals surface area contributed by atoms with Gasteiger partial charge in [-0.3, -0.25) is 9.59 Å². The maximum absolute atomic E-state index is 12.4. The number of fused-ring (bicyclic) bond motifs is 2. The SMILES string of the molecule is Cn1nc(CC(=O)OCc2cc(Cl)c3c(c2)OCCCO3)c2ccccc2c1=O. The molecule has 4 rings (SSSR count). The first-order valence-corrected chi connectivity index (χ1v) is 9.59. The molecule has 0 atom stereocenters. The number of halogens is 1. The fraction of sp³-hybridized carbons (Fsp3) is 0.286. The zero-order valence-corrected chi connectivity index (χ0v) is 16.6. The summed E-state index contributed by atoms with van der Waals surface area (Å²) in [7, 11) is 1.56. The summed E-state index contributed by atoms with van der Waals surface area (Å²) in [5, 5.41) is 5.80. The Bertz CT molecular complexity index is 1140. The first-order chi connectivity index (χ1) is 14.0. The minimum Gasteiger partial charge on any atom is -0.489 e. The van der Waals surface area contributed by atoms with E-state index in [1.54, 1.807) is 43.4 Å². The van der Waals surface area contributed by atoms with Gasteiger partial charge < -0.3 is 14.2 Å². The number of aryl methyl sites for hydroxylation is 1. The molecular formula is C21H19ClN2O5. The molecule has 0 saturated carbocycles. The normalized spacial score (nSPS) is 13.2. The van der Waals surface area contributed by atoms with E-state index in [4.69, 9.17) is 25.8 Å². The van der Waals surface area contributed by atoms with Crippen LogP contribution in [0.5, 0.6) is 11.5 Å². The van der Waals surface area contributed by atoms with Crippen LogP contribution in [0, 0.1) is 0 Å². The van der Waals surface area contributed by atoms with Crippen LogP contribution in [0.2, 0.25) is 5.02 Å². The molecule has 0 radical (unpaired) electrons. The number of ether oxygens (including phenoxy) is 3. The van der Waals surface area contributed by atoms with Gasteiger partial charge in [0.25, 0.3) is 5.56 Å². The predicted octanol–water partition coefficient (Wildman–Crippen LogP) is 3.03. The minimum atomic E-state index is -0.454. The summed E-state index contributed by atoms with van der Waals surface area (Å²) >= 11 is 6.27.